The Morgan fingerprint density at radius 1 is 1.16 bits per heavy atom. The van der Waals surface area contributed by atoms with E-state index in [0.717, 1.165) is 33.3 Å². The van der Waals surface area contributed by atoms with Crippen LogP contribution in [0.4, 0.5) is 0 Å². The minimum Gasteiger partial charge on any atom is -0.463 e. The van der Waals surface area contributed by atoms with E-state index in [1.54, 1.807) is 11.5 Å². The molecule has 190 valence electrons. The zero-order valence-electron chi connectivity index (χ0n) is 22.0. The Bertz CT molecular complexity index is 1730. The number of hydrogen-bond acceptors (Lipinski definition) is 5. The Kier molecular flexibility index (Phi) is 6.50. The highest BCUT2D eigenvalue weighted by Crippen LogP contribution is 2.32. The van der Waals surface area contributed by atoms with Crippen LogP contribution in [0.1, 0.15) is 67.6 Å². The number of carbonyl (C=O) groups is 1. The maximum Gasteiger partial charge on any atom is 0.338 e. The molecule has 4 aromatic rings. The van der Waals surface area contributed by atoms with E-state index < -0.39 is 12.0 Å². The van der Waals surface area contributed by atoms with E-state index in [-0.39, 0.29) is 12.2 Å². The lowest BCUT2D eigenvalue weighted by Gasteiger charge is -2.25. The van der Waals surface area contributed by atoms with Gasteiger partial charge in [0.15, 0.2) is 4.80 Å². The Hall–Kier alpha value is -3.71. The lowest BCUT2D eigenvalue weighted by atomic mass is 9.93. The summed E-state index contributed by atoms with van der Waals surface area (Å²) in [5.41, 5.74) is 7.07. The third-order valence-corrected chi connectivity index (χ3v) is 7.97. The van der Waals surface area contributed by atoms with Crippen LogP contribution < -0.4 is 14.9 Å². The zero-order valence-corrected chi connectivity index (χ0v) is 22.8. The van der Waals surface area contributed by atoms with Gasteiger partial charge in [-0.3, -0.25) is 9.36 Å². The van der Waals surface area contributed by atoms with Crippen LogP contribution >= 0.6 is 11.3 Å². The van der Waals surface area contributed by atoms with Crippen LogP contribution in [0.5, 0.6) is 0 Å². The molecule has 1 aliphatic heterocycles. The lowest BCUT2D eigenvalue weighted by molar-refractivity contribution is -0.139. The molecule has 0 saturated carbocycles. The van der Waals surface area contributed by atoms with Crippen molar-refractivity contribution in [1.82, 2.24) is 9.55 Å². The summed E-state index contributed by atoms with van der Waals surface area (Å²) in [5, 5.41) is 1.08. The van der Waals surface area contributed by atoms with E-state index in [2.05, 4.69) is 50.0 Å². The van der Waals surface area contributed by atoms with Crippen LogP contribution in [-0.4, -0.2) is 22.1 Å². The van der Waals surface area contributed by atoms with E-state index in [0.29, 0.717) is 26.5 Å². The largest absolute Gasteiger partial charge is 0.463 e. The highest BCUT2D eigenvalue weighted by Gasteiger charge is 2.33. The predicted molar refractivity (Wildman–Crippen MR) is 149 cm³/mol. The van der Waals surface area contributed by atoms with Gasteiger partial charge < -0.3 is 9.72 Å². The average molecular weight is 514 g/mol. The second kappa shape index (κ2) is 9.63. The van der Waals surface area contributed by atoms with Gasteiger partial charge in [-0.1, -0.05) is 67.6 Å². The third-order valence-electron chi connectivity index (χ3n) is 6.99. The molecule has 0 saturated heterocycles. The van der Waals surface area contributed by atoms with E-state index in [4.69, 9.17) is 9.73 Å². The summed E-state index contributed by atoms with van der Waals surface area (Å²) >= 11 is 1.35. The second-order valence-corrected chi connectivity index (χ2v) is 10.8. The quantitative estimate of drug-likeness (QED) is 0.381. The summed E-state index contributed by atoms with van der Waals surface area (Å²) in [6, 6.07) is 13.7. The fourth-order valence-electron chi connectivity index (χ4n) is 5.00. The van der Waals surface area contributed by atoms with Crippen molar-refractivity contribution in [3.8, 4) is 0 Å². The van der Waals surface area contributed by atoms with Gasteiger partial charge in [0.05, 0.1) is 28.5 Å². The number of para-hydroxylation sites is 1. The summed E-state index contributed by atoms with van der Waals surface area (Å²) in [7, 11) is 0. The lowest BCUT2D eigenvalue weighted by Crippen LogP contribution is -2.39. The van der Waals surface area contributed by atoms with Crippen LogP contribution in [0.2, 0.25) is 0 Å². The fraction of sp³-hybridized carbons (Fsp3) is 0.300. The number of aromatic nitrogens is 2. The number of thiazole rings is 1. The Morgan fingerprint density at radius 3 is 2.57 bits per heavy atom. The number of nitrogens with one attached hydrogen (secondary N) is 1. The summed E-state index contributed by atoms with van der Waals surface area (Å²) in [5.74, 6) is -0.0696. The molecule has 0 aliphatic carbocycles. The van der Waals surface area contributed by atoms with Crippen molar-refractivity contribution in [2.24, 2.45) is 4.99 Å². The van der Waals surface area contributed by atoms with Gasteiger partial charge in [0.25, 0.3) is 5.56 Å². The van der Waals surface area contributed by atoms with Crippen molar-refractivity contribution in [1.29, 1.82) is 0 Å². The van der Waals surface area contributed by atoms with Crippen molar-refractivity contribution in [2.45, 2.75) is 53.5 Å². The van der Waals surface area contributed by atoms with Gasteiger partial charge in [-0.2, -0.15) is 0 Å². The van der Waals surface area contributed by atoms with Crippen molar-refractivity contribution < 1.29 is 9.53 Å². The first-order chi connectivity index (χ1) is 17.7. The maximum absolute atomic E-state index is 13.9. The van der Waals surface area contributed by atoms with Gasteiger partial charge in [-0.25, -0.2) is 9.79 Å². The molecular formula is C30H31N3O3S. The molecule has 6 nitrogen and oxygen atoms in total. The highest BCUT2D eigenvalue weighted by molar-refractivity contribution is 7.07. The van der Waals surface area contributed by atoms with Gasteiger partial charge in [0.2, 0.25) is 0 Å². The number of allylic oxidation sites excluding steroid dienone is 1. The molecule has 0 amide bonds. The number of benzene rings is 2. The van der Waals surface area contributed by atoms with Gasteiger partial charge in [0.1, 0.15) is 0 Å². The number of rotatable bonds is 5. The van der Waals surface area contributed by atoms with Crippen molar-refractivity contribution >= 4 is 34.3 Å². The van der Waals surface area contributed by atoms with Crippen LogP contribution in [-0.2, 0) is 9.53 Å². The maximum atomic E-state index is 13.9. The molecule has 5 rings (SSSR count). The molecule has 1 N–H and O–H groups in total. The number of fused-ring (bicyclic) bond motifs is 2. The molecule has 1 aliphatic rings. The average Bonchev–Trinajstić information content (AvgIpc) is 3.35. The first kappa shape index (κ1) is 25.0. The Balaban J connectivity index is 1.74. The Labute approximate surface area is 219 Å². The standard InChI is InChI=1S/C30H31N3O3S/c1-7-36-29(35)25-19(6)32-30-33(27(25)21-13-11-20(12-14-21)16(2)3)28(34)24(37-30)15-23-18(5)31-26-17(4)9-8-10-22(23)26/h8-16,27,31H,7H2,1-6H3/b24-15-/t27-/m0/s1. The highest BCUT2D eigenvalue weighted by atomic mass is 32.1. The molecule has 0 spiro atoms. The minimum atomic E-state index is -0.607. The van der Waals surface area contributed by atoms with Crippen molar-refractivity contribution in [2.75, 3.05) is 6.61 Å². The number of aryl methyl sites for hydroxylation is 2. The van der Waals surface area contributed by atoms with Gasteiger partial charge in [-0.15, -0.1) is 0 Å². The number of carbonyl (C=O) groups excluding carboxylic acids is 1. The molecule has 2 aromatic carbocycles. The topological polar surface area (TPSA) is 76.4 Å². The van der Waals surface area contributed by atoms with E-state index in [9.17, 15) is 9.59 Å². The Morgan fingerprint density at radius 2 is 1.89 bits per heavy atom. The second-order valence-electron chi connectivity index (χ2n) is 9.78. The minimum absolute atomic E-state index is 0.169. The molecule has 7 heteroatoms. The summed E-state index contributed by atoms with van der Waals surface area (Å²) < 4.78 is 7.63. The van der Waals surface area contributed by atoms with Gasteiger partial charge >= 0.3 is 5.97 Å². The van der Waals surface area contributed by atoms with E-state index >= 15 is 0 Å². The van der Waals surface area contributed by atoms with Crippen molar-refractivity contribution in [3.05, 3.63) is 101 Å². The summed E-state index contributed by atoms with van der Waals surface area (Å²) in [6.07, 6.45) is 1.94. The van der Waals surface area contributed by atoms with Gasteiger partial charge in [-0.05, 0) is 56.4 Å². The molecular weight excluding hydrogens is 482 g/mol. The molecule has 0 bridgehead atoms. The van der Waals surface area contributed by atoms with Crippen LogP contribution in [0.15, 0.2) is 63.5 Å². The number of ether oxygens (including phenoxy) is 1. The molecule has 3 heterocycles. The molecule has 2 aromatic heterocycles. The van der Waals surface area contributed by atoms with Crippen LogP contribution in [0, 0.1) is 13.8 Å². The smallest absolute Gasteiger partial charge is 0.338 e. The number of H-pyrrole nitrogens is 1. The van der Waals surface area contributed by atoms with Crippen molar-refractivity contribution in [3.63, 3.8) is 0 Å². The normalized spacial score (nSPS) is 15.9. The van der Waals surface area contributed by atoms with E-state index in [1.165, 1.54) is 16.9 Å². The first-order valence-electron chi connectivity index (χ1n) is 12.6. The third kappa shape index (κ3) is 4.27. The zero-order chi connectivity index (χ0) is 26.4. The molecule has 37 heavy (non-hydrogen) atoms. The molecule has 1 atom stereocenters. The number of nitrogens with zero attached hydrogens (tertiary/aromatic N) is 2. The van der Waals surface area contributed by atoms with Crippen LogP contribution in [0.25, 0.3) is 17.0 Å². The fourth-order valence-corrected chi connectivity index (χ4v) is 6.03. The molecule has 0 unspecified atom stereocenters. The van der Waals surface area contributed by atoms with Crippen LogP contribution in [0.3, 0.4) is 0 Å². The van der Waals surface area contributed by atoms with Gasteiger partial charge in [0, 0.05) is 22.2 Å². The summed E-state index contributed by atoms with van der Waals surface area (Å²) in [4.78, 5) is 35.8. The summed E-state index contributed by atoms with van der Waals surface area (Å²) in [6.45, 7) is 12.2. The first-order valence-corrected chi connectivity index (χ1v) is 13.4. The SMILES string of the molecule is CCOC(=O)C1=C(C)N=c2s/c(=C\c3c(C)[nH]c4c(C)cccc34)c(=O)n2[C@H]1c1ccc(C(C)C)cc1. The molecule has 0 radical (unpaired) electrons. The number of aromatic amines is 1. The predicted octanol–water partition coefficient (Wildman–Crippen LogP) is 5.02. The number of hydrogen-bond donors (Lipinski definition) is 1. The van der Waals surface area contributed by atoms with E-state index in [1.807, 2.05) is 38.1 Å². The molecule has 0 fully saturated rings. The number of esters is 1. The monoisotopic (exact) mass is 513 g/mol.